The first-order valence-electron chi connectivity index (χ1n) is 7.30. The Bertz CT molecular complexity index is 700. The van der Waals surface area contributed by atoms with Crippen LogP contribution in [0.25, 0.3) is 0 Å². The van der Waals surface area contributed by atoms with Crippen molar-refractivity contribution in [3.8, 4) is 11.5 Å². The summed E-state index contributed by atoms with van der Waals surface area (Å²) in [5.41, 5.74) is 1.91. The lowest BCUT2D eigenvalue weighted by Gasteiger charge is -2.30. The average Bonchev–Trinajstić information content (AvgIpc) is 2.58. The van der Waals surface area contributed by atoms with E-state index in [-0.39, 0.29) is 6.61 Å². The second kappa shape index (κ2) is 7.83. The number of benzene rings is 1. The summed E-state index contributed by atoms with van der Waals surface area (Å²) in [6, 6.07) is 4.98. The molecule has 6 nitrogen and oxygen atoms in total. The van der Waals surface area contributed by atoms with Crippen LogP contribution in [-0.2, 0) is 9.53 Å². The van der Waals surface area contributed by atoms with Crippen molar-refractivity contribution in [3.05, 3.63) is 47.7 Å². The first-order chi connectivity index (χ1) is 11.5. The molecule has 1 heterocycles. The molecule has 0 radical (unpaired) electrons. The molecule has 24 heavy (non-hydrogen) atoms. The van der Waals surface area contributed by atoms with Gasteiger partial charge in [-0.1, -0.05) is 18.7 Å². The number of methoxy groups -OCH3 is 2. The van der Waals surface area contributed by atoms with Gasteiger partial charge in [-0.2, -0.15) is 0 Å². The maximum absolute atomic E-state index is 12.4. The summed E-state index contributed by atoms with van der Waals surface area (Å²) in [5, 5.41) is 6.49. The third kappa shape index (κ3) is 3.68. The van der Waals surface area contributed by atoms with Gasteiger partial charge in [-0.25, -0.2) is 4.79 Å². The van der Waals surface area contributed by atoms with E-state index in [1.54, 1.807) is 33.3 Å². The molecule has 2 rings (SSSR count). The summed E-state index contributed by atoms with van der Waals surface area (Å²) >= 11 is 5.22. The summed E-state index contributed by atoms with van der Waals surface area (Å²) < 4.78 is 15.8. The second-order valence-electron chi connectivity index (χ2n) is 5.07. The van der Waals surface area contributed by atoms with Crippen LogP contribution in [0.1, 0.15) is 18.5 Å². The predicted octanol–water partition coefficient (Wildman–Crippen LogP) is 2.23. The van der Waals surface area contributed by atoms with Crippen LogP contribution in [0.5, 0.6) is 11.5 Å². The third-order valence-corrected chi connectivity index (χ3v) is 3.78. The normalized spacial score (nSPS) is 16.8. The van der Waals surface area contributed by atoms with Crippen LogP contribution in [0.3, 0.4) is 0 Å². The van der Waals surface area contributed by atoms with Gasteiger partial charge >= 0.3 is 5.97 Å². The Morgan fingerprint density at radius 1 is 1.33 bits per heavy atom. The molecule has 1 aliphatic heterocycles. The zero-order chi connectivity index (χ0) is 17.7. The summed E-state index contributed by atoms with van der Waals surface area (Å²) in [4.78, 5) is 12.4. The molecular weight excluding hydrogens is 328 g/mol. The van der Waals surface area contributed by atoms with Crippen molar-refractivity contribution in [1.82, 2.24) is 10.6 Å². The van der Waals surface area contributed by atoms with Gasteiger partial charge in [-0.05, 0) is 36.8 Å². The van der Waals surface area contributed by atoms with Crippen LogP contribution in [0, 0.1) is 0 Å². The Morgan fingerprint density at radius 2 is 2.04 bits per heavy atom. The number of hydrogen-bond donors (Lipinski definition) is 2. The molecule has 128 valence electrons. The van der Waals surface area contributed by atoms with E-state index < -0.39 is 12.0 Å². The smallest absolute Gasteiger partial charge is 0.338 e. The van der Waals surface area contributed by atoms with Crippen LogP contribution in [-0.4, -0.2) is 31.9 Å². The van der Waals surface area contributed by atoms with Crippen LogP contribution in [0.4, 0.5) is 0 Å². The fraction of sp³-hybridized carbons (Fsp3) is 0.294. The molecule has 1 aromatic carbocycles. The summed E-state index contributed by atoms with van der Waals surface area (Å²) in [7, 11) is 3.13. The van der Waals surface area contributed by atoms with E-state index in [2.05, 4.69) is 17.2 Å². The quantitative estimate of drug-likeness (QED) is 0.464. The van der Waals surface area contributed by atoms with E-state index in [1.165, 1.54) is 6.08 Å². The molecule has 0 bridgehead atoms. The van der Waals surface area contributed by atoms with E-state index >= 15 is 0 Å². The zero-order valence-electron chi connectivity index (χ0n) is 13.8. The molecule has 1 aromatic rings. The molecule has 0 saturated carbocycles. The van der Waals surface area contributed by atoms with Gasteiger partial charge in [0.25, 0.3) is 0 Å². The summed E-state index contributed by atoms with van der Waals surface area (Å²) in [6.45, 7) is 5.47. The number of esters is 1. The number of thiocarbonyl (C=S) groups is 1. The number of carbonyl (C=O) groups is 1. The summed E-state index contributed by atoms with van der Waals surface area (Å²) in [6.07, 6.45) is 1.52. The lowest BCUT2D eigenvalue weighted by Crippen LogP contribution is -2.45. The standard InChI is InChI=1S/C17H20N2O4S/c1-5-8-23-16(20)14-10(2)18-17(24)19-15(14)11-6-7-12(21-3)13(9-11)22-4/h5-7,9,15H,1,8H2,2-4H3,(H2,18,19,24)/t15-/m1/s1. The molecule has 1 atom stereocenters. The van der Waals surface area contributed by atoms with Crippen molar-refractivity contribution in [3.63, 3.8) is 0 Å². The largest absolute Gasteiger partial charge is 0.493 e. The van der Waals surface area contributed by atoms with Crippen LogP contribution < -0.4 is 20.1 Å². The average molecular weight is 348 g/mol. The molecule has 0 aromatic heterocycles. The molecule has 0 aliphatic carbocycles. The lowest BCUT2D eigenvalue weighted by atomic mass is 9.95. The van der Waals surface area contributed by atoms with Crippen molar-refractivity contribution in [2.45, 2.75) is 13.0 Å². The Balaban J connectivity index is 2.44. The summed E-state index contributed by atoms with van der Waals surface area (Å²) in [5.74, 6) is 0.738. The highest BCUT2D eigenvalue weighted by Crippen LogP contribution is 2.34. The molecule has 0 amide bonds. The van der Waals surface area contributed by atoms with E-state index in [0.29, 0.717) is 27.9 Å². The highest BCUT2D eigenvalue weighted by molar-refractivity contribution is 7.80. The van der Waals surface area contributed by atoms with Crippen molar-refractivity contribution < 1.29 is 19.0 Å². The van der Waals surface area contributed by atoms with Gasteiger partial charge in [0, 0.05) is 5.70 Å². The Labute approximate surface area is 146 Å². The van der Waals surface area contributed by atoms with Gasteiger partial charge in [-0.15, -0.1) is 0 Å². The highest BCUT2D eigenvalue weighted by Gasteiger charge is 2.31. The zero-order valence-corrected chi connectivity index (χ0v) is 14.7. The maximum Gasteiger partial charge on any atom is 0.338 e. The fourth-order valence-electron chi connectivity index (χ4n) is 2.46. The first-order valence-corrected chi connectivity index (χ1v) is 7.70. The number of ether oxygens (including phenoxy) is 3. The van der Waals surface area contributed by atoms with Gasteiger partial charge in [0.15, 0.2) is 16.6 Å². The van der Waals surface area contributed by atoms with Gasteiger partial charge in [0.1, 0.15) is 6.61 Å². The maximum atomic E-state index is 12.4. The minimum Gasteiger partial charge on any atom is -0.493 e. The Morgan fingerprint density at radius 3 is 2.67 bits per heavy atom. The SMILES string of the molecule is C=CCOC(=O)C1=C(C)NC(=S)N[C@@H]1c1ccc(OC)c(OC)c1. The van der Waals surface area contributed by atoms with Gasteiger partial charge in [-0.3, -0.25) is 0 Å². The molecule has 0 saturated heterocycles. The van der Waals surface area contributed by atoms with Crippen LogP contribution >= 0.6 is 12.2 Å². The topological polar surface area (TPSA) is 68.8 Å². The minimum atomic E-state index is -0.448. The Hall–Kier alpha value is -2.54. The number of carbonyl (C=O) groups excluding carboxylic acids is 1. The first kappa shape index (κ1) is 17.8. The molecule has 0 unspecified atom stereocenters. The number of nitrogens with one attached hydrogen (secondary N) is 2. The van der Waals surface area contributed by atoms with Gasteiger partial charge in [0.2, 0.25) is 0 Å². The van der Waals surface area contributed by atoms with Crippen molar-refractivity contribution >= 4 is 23.3 Å². The predicted molar refractivity (Wildman–Crippen MR) is 95.0 cm³/mol. The molecular formula is C17H20N2O4S. The second-order valence-corrected chi connectivity index (χ2v) is 5.48. The monoisotopic (exact) mass is 348 g/mol. The van der Waals surface area contributed by atoms with E-state index in [1.807, 2.05) is 6.07 Å². The minimum absolute atomic E-state index is 0.138. The van der Waals surface area contributed by atoms with Crippen molar-refractivity contribution in [1.29, 1.82) is 0 Å². The highest BCUT2D eigenvalue weighted by atomic mass is 32.1. The third-order valence-electron chi connectivity index (χ3n) is 3.56. The van der Waals surface area contributed by atoms with Crippen LogP contribution in [0.2, 0.25) is 0 Å². The molecule has 7 heteroatoms. The van der Waals surface area contributed by atoms with Gasteiger partial charge < -0.3 is 24.8 Å². The number of allylic oxidation sites excluding steroid dienone is 1. The van der Waals surface area contributed by atoms with Crippen LogP contribution in [0.15, 0.2) is 42.1 Å². The molecule has 0 fully saturated rings. The number of rotatable bonds is 6. The lowest BCUT2D eigenvalue weighted by molar-refractivity contribution is -0.138. The van der Waals surface area contributed by atoms with Crippen molar-refractivity contribution in [2.24, 2.45) is 0 Å². The van der Waals surface area contributed by atoms with Gasteiger partial charge in [0.05, 0.1) is 25.8 Å². The van der Waals surface area contributed by atoms with E-state index in [0.717, 1.165) is 5.56 Å². The molecule has 2 N–H and O–H groups in total. The van der Waals surface area contributed by atoms with Crippen molar-refractivity contribution in [2.75, 3.05) is 20.8 Å². The Kier molecular flexibility index (Phi) is 5.81. The van der Waals surface area contributed by atoms with E-state index in [4.69, 9.17) is 26.4 Å². The molecule has 1 aliphatic rings. The number of hydrogen-bond acceptors (Lipinski definition) is 5. The van der Waals surface area contributed by atoms with E-state index in [9.17, 15) is 4.79 Å². The molecule has 0 spiro atoms. The fourth-order valence-corrected chi connectivity index (χ4v) is 2.73.